The smallest absolute Gasteiger partial charge is 0.419 e. The minimum absolute atomic E-state index is 0.164. The Morgan fingerprint density at radius 3 is 2.52 bits per heavy atom. The molecule has 1 unspecified atom stereocenters. The van der Waals surface area contributed by atoms with Crippen LogP contribution in [0.5, 0.6) is 5.75 Å². The molecule has 2 aliphatic heterocycles. The maximum Gasteiger partial charge on any atom is 0.419 e. The van der Waals surface area contributed by atoms with Crippen molar-refractivity contribution < 1.29 is 27.5 Å². The third-order valence-corrected chi connectivity index (χ3v) is 5.26. The van der Waals surface area contributed by atoms with Crippen molar-refractivity contribution in [1.82, 2.24) is 25.2 Å². The van der Waals surface area contributed by atoms with Crippen molar-refractivity contribution in [2.24, 2.45) is 0 Å². The Kier molecular flexibility index (Phi) is 4.67. The molecule has 3 heterocycles. The number of amides is 2. The Hall–Kier alpha value is -3.11. The fourth-order valence-electron chi connectivity index (χ4n) is 3.92. The first-order chi connectivity index (χ1) is 13.8. The summed E-state index contributed by atoms with van der Waals surface area (Å²) in [6, 6.07) is 4.43. The number of fused-ring (bicyclic) bond motifs is 2. The van der Waals surface area contributed by atoms with Gasteiger partial charge in [-0.1, -0.05) is 12.1 Å². The van der Waals surface area contributed by atoms with Gasteiger partial charge in [-0.2, -0.15) is 28.6 Å². The number of aromatic amines is 1. The first-order valence-corrected chi connectivity index (χ1v) is 9.06. The summed E-state index contributed by atoms with van der Waals surface area (Å²) in [6.45, 7) is 2.08. The van der Waals surface area contributed by atoms with Crippen LogP contribution in [0.2, 0.25) is 0 Å². The lowest BCUT2D eigenvalue weighted by molar-refractivity contribution is -0.144. The molecule has 29 heavy (non-hydrogen) atoms. The lowest BCUT2D eigenvalue weighted by atomic mass is 10.2. The van der Waals surface area contributed by atoms with Gasteiger partial charge < -0.3 is 14.5 Å². The number of carbonyl (C=O) groups excluding carboxylic acids is 2. The van der Waals surface area contributed by atoms with Gasteiger partial charge in [-0.25, -0.2) is 0 Å². The van der Waals surface area contributed by atoms with Gasteiger partial charge in [0.15, 0.2) is 11.8 Å². The summed E-state index contributed by atoms with van der Waals surface area (Å²) in [5.41, 5.74) is -0.720. The number of halogens is 3. The van der Waals surface area contributed by atoms with E-state index in [4.69, 9.17) is 4.74 Å². The molecule has 2 bridgehead atoms. The standard InChI is InChI=1S/C18H18F3N5O3/c1-10(29-15-5-3-2-4-13(15)18(19,20)21)16(27)25-8-12-6-11(25)9-26(12)17(28)14-7-22-24-23-14/h2-5,7,10-12H,6,8-9H2,1H3,(H,22,23,24)/t10?,11-,12-/m0/s1. The van der Waals surface area contributed by atoms with Gasteiger partial charge in [-0.05, 0) is 25.5 Å². The zero-order valence-corrected chi connectivity index (χ0v) is 15.4. The predicted molar refractivity (Wildman–Crippen MR) is 92.9 cm³/mol. The number of H-pyrrole nitrogens is 1. The number of rotatable bonds is 4. The molecule has 2 fully saturated rings. The third kappa shape index (κ3) is 3.52. The van der Waals surface area contributed by atoms with Gasteiger partial charge in [0.2, 0.25) is 0 Å². The molecule has 1 aromatic heterocycles. The average molecular weight is 409 g/mol. The first-order valence-electron chi connectivity index (χ1n) is 9.06. The number of piperazine rings is 1. The molecule has 3 atom stereocenters. The van der Waals surface area contributed by atoms with Crippen LogP contribution in [0.3, 0.4) is 0 Å². The number of nitrogens with one attached hydrogen (secondary N) is 1. The molecule has 1 aromatic carbocycles. The number of hydrogen-bond donors (Lipinski definition) is 1. The second kappa shape index (κ2) is 7.05. The molecule has 2 aromatic rings. The van der Waals surface area contributed by atoms with Crippen LogP contribution < -0.4 is 4.74 Å². The van der Waals surface area contributed by atoms with E-state index in [1.54, 1.807) is 9.80 Å². The van der Waals surface area contributed by atoms with Crippen LogP contribution in [-0.4, -0.2) is 68.3 Å². The number of benzene rings is 1. The molecule has 0 radical (unpaired) electrons. The van der Waals surface area contributed by atoms with Crippen molar-refractivity contribution in [3.05, 3.63) is 41.7 Å². The summed E-state index contributed by atoms with van der Waals surface area (Å²) >= 11 is 0. The summed E-state index contributed by atoms with van der Waals surface area (Å²) in [5, 5.41) is 9.79. The summed E-state index contributed by atoms with van der Waals surface area (Å²) in [6.07, 6.45) is -3.71. The number of hydrogen-bond acceptors (Lipinski definition) is 5. The van der Waals surface area contributed by atoms with Crippen LogP contribution >= 0.6 is 0 Å². The minimum Gasteiger partial charge on any atom is -0.480 e. The van der Waals surface area contributed by atoms with Crippen LogP contribution in [-0.2, 0) is 11.0 Å². The molecular formula is C18H18F3N5O3. The van der Waals surface area contributed by atoms with Gasteiger partial charge in [0.05, 0.1) is 23.8 Å². The molecule has 0 aliphatic carbocycles. The molecule has 1 N–H and O–H groups in total. The van der Waals surface area contributed by atoms with Gasteiger partial charge in [-0.15, -0.1) is 0 Å². The molecule has 2 saturated heterocycles. The number of aromatic nitrogens is 3. The second-order valence-electron chi connectivity index (χ2n) is 7.10. The number of para-hydroxylation sites is 1. The van der Waals surface area contributed by atoms with Crippen LogP contribution in [0, 0.1) is 0 Å². The summed E-state index contributed by atoms with van der Waals surface area (Å²) in [7, 11) is 0. The fourth-order valence-corrected chi connectivity index (χ4v) is 3.92. The quantitative estimate of drug-likeness (QED) is 0.830. The van der Waals surface area contributed by atoms with E-state index < -0.39 is 23.8 Å². The van der Waals surface area contributed by atoms with Crippen molar-refractivity contribution in [1.29, 1.82) is 0 Å². The zero-order valence-electron chi connectivity index (χ0n) is 15.4. The molecule has 0 spiro atoms. The molecule has 11 heteroatoms. The van der Waals surface area contributed by atoms with Gasteiger partial charge >= 0.3 is 6.18 Å². The lowest BCUT2D eigenvalue weighted by Crippen LogP contribution is -2.53. The van der Waals surface area contributed by atoms with E-state index >= 15 is 0 Å². The molecule has 2 amide bonds. The van der Waals surface area contributed by atoms with Gasteiger partial charge in [0.25, 0.3) is 11.8 Å². The Bertz CT molecular complexity index is 918. The summed E-state index contributed by atoms with van der Waals surface area (Å²) in [4.78, 5) is 28.5. The van der Waals surface area contributed by atoms with Crippen LogP contribution in [0.1, 0.15) is 29.4 Å². The molecule has 4 rings (SSSR count). The fraction of sp³-hybridized carbons (Fsp3) is 0.444. The minimum atomic E-state index is -4.58. The van der Waals surface area contributed by atoms with E-state index in [-0.39, 0.29) is 29.4 Å². The van der Waals surface area contributed by atoms with Crippen molar-refractivity contribution in [2.75, 3.05) is 13.1 Å². The molecule has 0 saturated carbocycles. The number of carbonyl (C=O) groups is 2. The van der Waals surface area contributed by atoms with Crippen molar-refractivity contribution >= 4 is 11.8 Å². The van der Waals surface area contributed by atoms with E-state index in [1.807, 2.05) is 0 Å². The highest BCUT2D eigenvalue weighted by molar-refractivity contribution is 5.93. The van der Waals surface area contributed by atoms with E-state index in [0.717, 1.165) is 6.07 Å². The maximum absolute atomic E-state index is 13.1. The van der Waals surface area contributed by atoms with Crippen molar-refractivity contribution in [2.45, 2.75) is 37.7 Å². The Labute approximate surface area is 163 Å². The molecule has 8 nitrogen and oxygen atoms in total. The first kappa shape index (κ1) is 19.2. The Balaban J connectivity index is 1.42. The predicted octanol–water partition coefficient (Wildman–Crippen LogP) is 1.72. The summed E-state index contributed by atoms with van der Waals surface area (Å²) in [5.74, 6) is -1.04. The van der Waals surface area contributed by atoms with E-state index in [9.17, 15) is 22.8 Å². The average Bonchev–Trinajstić information content (AvgIpc) is 3.43. The zero-order chi connectivity index (χ0) is 20.8. The topological polar surface area (TPSA) is 91.4 Å². The SMILES string of the molecule is CC(Oc1ccccc1C(F)(F)F)C(=O)N1C[C@@H]2C[C@H]1CN2C(=O)c1cn[nH]n1. The van der Waals surface area contributed by atoms with E-state index in [2.05, 4.69) is 15.4 Å². The van der Waals surface area contributed by atoms with Gasteiger partial charge in [0.1, 0.15) is 5.75 Å². The maximum atomic E-state index is 13.1. The third-order valence-electron chi connectivity index (χ3n) is 5.26. The largest absolute Gasteiger partial charge is 0.480 e. The molecular weight excluding hydrogens is 391 g/mol. The molecule has 2 aliphatic rings. The second-order valence-corrected chi connectivity index (χ2v) is 7.10. The normalized spacial score (nSPS) is 22.1. The van der Waals surface area contributed by atoms with Crippen LogP contribution in [0.25, 0.3) is 0 Å². The van der Waals surface area contributed by atoms with Crippen LogP contribution in [0.15, 0.2) is 30.5 Å². The Morgan fingerprint density at radius 1 is 1.21 bits per heavy atom. The van der Waals surface area contributed by atoms with Crippen molar-refractivity contribution in [3.8, 4) is 5.75 Å². The number of nitrogens with zero attached hydrogens (tertiary/aromatic N) is 4. The number of ether oxygens (including phenoxy) is 1. The van der Waals surface area contributed by atoms with Gasteiger partial charge in [-0.3, -0.25) is 9.59 Å². The van der Waals surface area contributed by atoms with Crippen molar-refractivity contribution in [3.63, 3.8) is 0 Å². The number of alkyl halides is 3. The van der Waals surface area contributed by atoms with E-state index in [1.165, 1.54) is 31.3 Å². The van der Waals surface area contributed by atoms with Gasteiger partial charge in [0, 0.05) is 13.1 Å². The highest BCUT2D eigenvalue weighted by atomic mass is 19.4. The lowest BCUT2D eigenvalue weighted by Gasteiger charge is -2.35. The summed E-state index contributed by atoms with van der Waals surface area (Å²) < 4.78 is 44.8. The highest BCUT2D eigenvalue weighted by Crippen LogP contribution is 2.37. The molecule has 154 valence electrons. The van der Waals surface area contributed by atoms with Crippen LogP contribution in [0.4, 0.5) is 13.2 Å². The monoisotopic (exact) mass is 409 g/mol. The highest BCUT2D eigenvalue weighted by Gasteiger charge is 2.48. The Morgan fingerprint density at radius 2 is 1.90 bits per heavy atom. The van der Waals surface area contributed by atoms with E-state index in [0.29, 0.717) is 19.5 Å². The number of likely N-dealkylation sites (tertiary alicyclic amines) is 2.